The van der Waals surface area contributed by atoms with Gasteiger partial charge in [0.2, 0.25) is 0 Å². The largest absolute Gasteiger partial charge is 0.483 e. The number of hydrogen-bond donors (Lipinski definition) is 0. The monoisotopic (exact) mass is 195 g/mol. The van der Waals surface area contributed by atoms with Crippen molar-refractivity contribution >= 4 is 9.53 Å². The molecular formula is C7H21NO3Si. The first-order chi connectivity index (χ1) is 5.62. The van der Waals surface area contributed by atoms with E-state index in [4.69, 9.17) is 13.3 Å². The van der Waals surface area contributed by atoms with Gasteiger partial charge in [-0.15, -0.1) is 0 Å². The van der Waals surface area contributed by atoms with Gasteiger partial charge in [-0.1, -0.05) is 6.92 Å². The number of rotatable bonds is 4. The van der Waals surface area contributed by atoms with Crippen molar-refractivity contribution in [2.75, 3.05) is 42.0 Å². The Bertz CT molecular complexity index is 73.5. The Morgan fingerprint density at radius 1 is 1.00 bits per heavy atom. The van der Waals surface area contributed by atoms with Crippen molar-refractivity contribution < 1.29 is 13.3 Å². The molecule has 0 fully saturated rings. The summed E-state index contributed by atoms with van der Waals surface area (Å²) in [6, 6.07) is 0. The summed E-state index contributed by atoms with van der Waals surface area (Å²) in [7, 11) is 7.16. The van der Waals surface area contributed by atoms with E-state index in [1.165, 1.54) is 0 Å². The molecule has 12 heavy (non-hydrogen) atoms. The Morgan fingerprint density at radius 2 is 1.25 bits per heavy atom. The Balaban J connectivity index is 0. The highest BCUT2D eigenvalue weighted by molar-refractivity contribution is 6.36. The van der Waals surface area contributed by atoms with E-state index in [1.807, 2.05) is 0 Å². The number of hydrogen-bond acceptors (Lipinski definition) is 4. The quantitative estimate of drug-likeness (QED) is 0.600. The minimum atomic E-state index is -1.67. The van der Waals surface area contributed by atoms with Crippen LogP contribution in [-0.4, -0.2) is 56.4 Å². The topological polar surface area (TPSA) is 30.9 Å². The van der Waals surface area contributed by atoms with E-state index in [0.29, 0.717) is 0 Å². The van der Waals surface area contributed by atoms with E-state index in [0.717, 1.165) is 6.54 Å². The molecule has 0 aliphatic carbocycles. The Morgan fingerprint density at radius 3 is 1.25 bits per heavy atom. The van der Waals surface area contributed by atoms with Crippen molar-refractivity contribution in [1.29, 1.82) is 0 Å². The summed E-state index contributed by atoms with van der Waals surface area (Å²) < 4.78 is 14.2. The van der Waals surface area contributed by atoms with Crippen LogP contribution in [0.3, 0.4) is 0 Å². The molecule has 0 spiro atoms. The molecule has 0 heterocycles. The molecule has 0 saturated heterocycles. The van der Waals surface area contributed by atoms with Crippen LogP contribution in [0.4, 0.5) is 0 Å². The molecule has 0 unspecified atom stereocenters. The zero-order valence-corrected chi connectivity index (χ0v) is 10.1. The maximum atomic E-state index is 4.74. The summed E-state index contributed by atoms with van der Waals surface area (Å²) in [5.74, 6) is 0. The molecule has 0 rings (SSSR count). The molecule has 0 saturated carbocycles. The second kappa shape index (κ2) is 11.1. The minimum Gasteiger partial charge on any atom is -0.379 e. The maximum Gasteiger partial charge on any atom is 0.483 e. The zero-order chi connectivity index (χ0) is 9.98. The lowest BCUT2D eigenvalue weighted by Crippen LogP contribution is -2.21. The molecule has 0 aliphatic rings. The standard InChI is InChI=1S/C4H11N.C3H10O3Si/c1-4-5(2)3;1-4-7(5-2)6-3/h4H2,1-3H3;7H,1-3H3. The SMILES string of the molecule is CCN(C)C.CO[SiH](OC)OC. The molecule has 4 nitrogen and oxygen atoms in total. The smallest absolute Gasteiger partial charge is 0.379 e. The lowest BCUT2D eigenvalue weighted by atomic mass is 10.7. The van der Waals surface area contributed by atoms with Gasteiger partial charge in [0.1, 0.15) is 0 Å². The zero-order valence-electron chi connectivity index (χ0n) is 8.96. The van der Waals surface area contributed by atoms with E-state index in [9.17, 15) is 0 Å². The van der Waals surface area contributed by atoms with Gasteiger partial charge < -0.3 is 18.2 Å². The summed E-state index contributed by atoms with van der Waals surface area (Å²) in [6.45, 7) is 3.26. The summed E-state index contributed by atoms with van der Waals surface area (Å²) >= 11 is 0. The highest BCUT2D eigenvalue weighted by Gasteiger charge is 2.04. The predicted molar refractivity (Wildman–Crippen MR) is 52.4 cm³/mol. The third kappa shape index (κ3) is 12.7. The van der Waals surface area contributed by atoms with Crippen LogP contribution in [-0.2, 0) is 13.3 Å². The first-order valence-electron chi connectivity index (χ1n) is 3.85. The molecule has 0 aromatic carbocycles. The summed E-state index contributed by atoms with van der Waals surface area (Å²) in [4.78, 5) is 2.12. The van der Waals surface area contributed by atoms with Gasteiger partial charge in [0, 0.05) is 21.3 Å². The Hall–Kier alpha value is 0.0569. The van der Waals surface area contributed by atoms with Gasteiger partial charge in [0.05, 0.1) is 0 Å². The molecule has 0 radical (unpaired) electrons. The molecule has 0 atom stereocenters. The molecule has 76 valence electrons. The van der Waals surface area contributed by atoms with Gasteiger partial charge in [0.15, 0.2) is 0 Å². The third-order valence-electron chi connectivity index (χ3n) is 1.21. The minimum absolute atomic E-state index is 1.14. The first kappa shape index (κ1) is 14.6. The average Bonchev–Trinajstić information content (AvgIpc) is 2.09. The van der Waals surface area contributed by atoms with E-state index in [2.05, 4.69) is 25.9 Å². The molecule has 0 aliphatic heterocycles. The Labute approximate surface area is 77.4 Å². The number of nitrogens with zero attached hydrogens (tertiary/aromatic N) is 1. The van der Waals surface area contributed by atoms with Crippen molar-refractivity contribution in [1.82, 2.24) is 4.90 Å². The highest BCUT2D eigenvalue weighted by Crippen LogP contribution is 1.81. The van der Waals surface area contributed by atoms with Crippen molar-refractivity contribution in [3.8, 4) is 0 Å². The average molecular weight is 195 g/mol. The second-order valence-corrected chi connectivity index (χ2v) is 4.38. The third-order valence-corrected chi connectivity index (χ3v) is 2.36. The lowest BCUT2D eigenvalue weighted by Gasteiger charge is -2.05. The molecular weight excluding hydrogens is 174 g/mol. The Kier molecular flexibility index (Phi) is 13.4. The van der Waals surface area contributed by atoms with Crippen LogP contribution in [0.15, 0.2) is 0 Å². The predicted octanol–water partition coefficient (Wildman–Crippen LogP) is 0.211. The van der Waals surface area contributed by atoms with Gasteiger partial charge in [-0.2, -0.15) is 0 Å². The summed E-state index contributed by atoms with van der Waals surface area (Å²) in [5, 5.41) is 0. The van der Waals surface area contributed by atoms with Crippen LogP contribution in [0, 0.1) is 0 Å². The van der Waals surface area contributed by atoms with Crippen LogP contribution in [0.1, 0.15) is 6.92 Å². The van der Waals surface area contributed by atoms with Gasteiger partial charge in [-0.25, -0.2) is 0 Å². The van der Waals surface area contributed by atoms with E-state index >= 15 is 0 Å². The van der Waals surface area contributed by atoms with Crippen molar-refractivity contribution in [2.24, 2.45) is 0 Å². The van der Waals surface area contributed by atoms with Crippen molar-refractivity contribution in [3.63, 3.8) is 0 Å². The van der Waals surface area contributed by atoms with Crippen molar-refractivity contribution in [2.45, 2.75) is 6.92 Å². The summed E-state index contributed by atoms with van der Waals surface area (Å²) in [6.07, 6.45) is 0. The van der Waals surface area contributed by atoms with Gasteiger partial charge in [-0.05, 0) is 20.6 Å². The highest BCUT2D eigenvalue weighted by atomic mass is 28.3. The van der Waals surface area contributed by atoms with Gasteiger partial charge in [-0.3, -0.25) is 0 Å². The van der Waals surface area contributed by atoms with E-state index in [-0.39, 0.29) is 0 Å². The van der Waals surface area contributed by atoms with Gasteiger partial charge >= 0.3 is 9.53 Å². The fourth-order valence-electron chi connectivity index (χ4n) is 0.289. The van der Waals surface area contributed by atoms with Crippen LogP contribution in [0.2, 0.25) is 0 Å². The molecule has 0 aromatic heterocycles. The van der Waals surface area contributed by atoms with Gasteiger partial charge in [0.25, 0.3) is 0 Å². The fraction of sp³-hybridized carbons (Fsp3) is 1.00. The molecule has 0 N–H and O–H groups in total. The van der Waals surface area contributed by atoms with Crippen LogP contribution in [0.25, 0.3) is 0 Å². The van der Waals surface area contributed by atoms with E-state index in [1.54, 1.807) is 21.3 Å². The normalized spacial score (nSPS) is 10.0. The maximum absolute atomic E-state index is 4.74. The molecule has 0 amide bonds. The van der Waals surface area contributed by atoms with Crippen LogP contribution in [0.5, 0.6) is 0 Å². The van der Waals surface area contributed by atoms with Crippen molar-refractivity contribution in [3.05, 3.63) is 0 Å². The van der Waals surface area contributed by atoms with E-state index < -0.39 is 9.53 Å². The first-order valence-corrected chi connectivity index (χ1v) is 5.26. The van der Waals surface area contributed by atoms with Crippen LogP contribution < -0.4 is 0 Å². The summed E-state index contributed by atoms with van der Waals surface area (Å²) in [5.41, 5.74) is 0. The lowest BCUT2D eigenvalue weighted by molar-refractivity contribution is 0.163. The molecule has 0 aromatic rings. The molecule has 5 heteroatoms. The van der Waals surface area contributed by atoms with Crippen LogP contribution >= 0.6 is 0 Å². The fourth-order valence-corrected chi connectivity index (χ4v) is 0.866. The molecule has 0 bridgehead atoms. The second-order valence-electron chi connectivity index (χ2n) is 2.39.